The highest BCUT2D eigenvalue weighted by Crippen LogP contribution is 2.39. The standard InChI is InChI=1S/C23H22N2O2S/c1-15-19-8-2-3-9-21(19)28-23(15)17-13-20(16-6-4-7-18(27)12-16)25-22(14-17)24-10-5-11-26/h2-4,6-9,12-14,26-27H,5,10-11H2,1H3,(H,24,25). The number of hydrogen-bond acceptors (Lipinski definition) is 5. The number of fused-ring (bicyclic) bond motifs is 1. The average molecular weight is 391 g/mol. The molecule has 0 atom stereocenters. The van der Waals surface area contributed by atoms with Crippen molar-refractivity contribution < 1.29 is 10.2 Å². The molecule has 2 heterocycles. The number of pyridine rings is 1. The molecule has 0 bridgehead atoms. The van der Waals surface area contributed by atoms with E-state index in [-0.39, 0.29) is 12.4 Å². The summed E-state index contributed by atoms with van der Waals surface area (Å²) in [7, 11) is 0. The maximum atomic E-state index is 9.87. The lowest BCUT2D eigenvalue weighted by Crippen LogP contribution is -2.05. The van der Waals surface area contributed by atoms with Crippen LogP contribution < -0.4 is 5.32 Å². The van der Waals surface area contributed by atoms with Crippen molar-refractivity contribution in [2.45, 2.75) is 13.3 Å². The largest absolute Gasteiger partial charge is 0.508 e. The molecular weight excluding hydrogens is 368 g/mol. The zero-order valence-corrected chi connectivity index (χ0v) is 16.5. The molecular formula is C23H22N2O2S. The summed E-state index contributed by atoms with van der Waals surface area (Å²) in [5.41, 5.74) is 4.02. The van der Waals surface area contributed by atoms with Crippen LogP contribution in [0.3, 0.4) is 0 Å². The van der Waals surface area contributed by atoms with Crippen molar-refractivity contribution in [3.8, 4) is 27.4 Å². The molecule has 5 heteroatoms. The van der Waals surface area contributed by atoms with Gasteiger partial charge in [0.2, 0.25) is 0 Å². The van der Waals surface area contributed by atoms with Crippen LogP contribution in [0.15, 0.2) is 60.7 Å². The second-order valence-corrected chi connectivity index (χ2v) is 7.79. The van der Waals surface area contributed by atoms with E-state index >= 15 is 0 Å². The normalized spacial score (nSPS) is 11.1. The number of aromatic hydroxyl groups is 1. The molecule has 0 spiro atoms. The van der Waals surface area contributed by atoms with Crippen molar-refractivity contribution in [2.24, 2.45) is 0 Å². The van der Waals surface area contributed by atoms with Gasteiger partial charge in [0.05, 0.1) is 5.69 Å². The molecule has 3 N–H and O–H groups in total. The average Bonchev–Trinajstić information content (AvgIpc) is 3.05. The number of hydrogen-bond donors (Lipinski definition) is 3. The lowest BCUT2D eigenvalue weighted by molar-refractivity contribution is 0.292. The lowest BCUT2D eigenvalue weighted by atomic mass is 10.0. The van der Waals surface area contributed by atoms with E-state index < -0.39 is 0 Å². The quantitative estimate of drug-likeness (QED) is 0.384. The molecule has 28 heavy (non-hydrogen) atoms. The fraction of sp³-hybridized carbons (Fsp3) is 0.174. The number of benzene rings is 2. The highest BCUT2D eigenvalue weighted by Gasteiger charge is 2.13. The lowest BCUT2D eigenvalue weighted by Gasteiger charge is -2.11. The number of phenols is 1. The third-order valence-corrected chi connectivity index (χ3v) is 6.04. The van der Waals surface area contributed by atoms with E-state index in [0.29, 0.717) is 13.0 Å². The molecule has 2 aromatic heterocycles. The molecule has 142 valence electrons. The van der Waals surface area contributed by atoms with E-state index in [1.165, 1.54) is 20.5 Å². The van der Waals surface area contributed by atoms with E-state index in [1.807, 2.05) is 12.1 Å². The SMILES string of the molecule is Cc1c(-c2cc(NCCCO)nc(-c3cccc(O)c3)c2)sc2ccccc12. The molecule has 4 rings (SSSR count). The van der Waals surface area contributed by atoms with Gasteiger partial charge in [0.1, 0.15) is 11.6 Å². The zero-order valence-electron chi connectivity index (χ0n) is 15.6. The van der Waals surface area contributed by atoms with Crippen LogP contribution in [-0.4, -0.2) is 28.3 Å². The first-order valence-corrected chi connectivity index (χ1v) is 10.1. The number of phenolic OH excluding ortho intramolecular Hbond substituents is 1. The number of aromatic nitrogens is 1. The van der Waals surface area contributed by atoms with Crippen LogP contribution in [0, 0.1) is 6.92 Å². The van der Waals surface area contributed by atoms with Gasteiger partial charge in [-0.25, -0.2) is 4.98 Å². The maximum Gasteiger partial charge on any atom is 0.127 e. The van der Waals surface area contributed by atoms with Crippen molar-refractivity contribution in [3.05, 3.63) is 66.2 Å². The smallest absolute Gasteiger partial charge is 0.127 e. The topological polar surface area (TPSA) is 65.4 Å². The Kier molecular flexibility index (Phi) is 5.28. The molecule has 0 amide bonds. The molecule has 0 aliphatic carbocycles. The van der Waals surface area contributed by atoms with Gasteiger partial charge in [0, 0.05) is 28.3 Å². The minimum atomic E-state index is 0.140. The summed E-state index contributed by atoms with van der Waals surface area (Å²) in [5, 5.41) is 23.5. The number of thiophene rings is 1. The number of rotatable bonds is 6. The number of aliphatic hydroxyl groups is 1. The van der Waals surface area contributed by atoms with Crippen molar-refractivity contribution in [1.82, 2.24) is 4.98 Å². The minimum absolute atomic E-state index is 0.140. The zero-order chi connectivity index (χ0) is 19.5. The maximum absolute atomic E-state index is 9.87. The first-order chi connectivity index (χ1) is 13.7. The number of nitrogens with one attached hydrogen (secondary N) is 1. The molecule has 4 nitrogen and oxygen atoms in total. The van der Waals surface area contributed by atoms with Crippen molar-refractivity contribution in [3.63, 3.8) is 0 Å². The summed E-state index contributed by atoms with van der Waals surface area (Å²) >= 11 is 1.78. The third kappa shape index (κ3) is 3.72. The van der Waals surface area contributed by atoms with E-state index in [1.54, 1.807) is 23.5 Å². The van der Waals surface area contributed by atoms with Gasteiger partial charge in [0.25, 0.3) is 0 Å². The second kappa shape index (κ2) is 8.00. The predicted octanol–water partition coefficient (Wildman–Crippen LogP) is 5.44. The first-order valence-electron chi connectivity index (χ1n) is 9.30. The van der Waals surface area contributed by atoms with Crippen molar-refractivity contribution in [2.75, 3.05) is 18.5 Å². The van der Waals surface area contributed by atoms with Gasteiger partial charge in [-0.2, -0.15) is 0 Å². The molecule has 0 saturated carbocycles. The summed E-state index contributed by atoms with van der Waals surface area (Å²) in [5.74, 6) is 0.985. The summed E-state index contributed by atoms with van der Waals surface area (Å²) in [4.78, 5) is 5.94. The van der Waals surface area contributed by atoms with Gasteiger partial charge >= 0.3 is 0 Å². The van der Waals surface area contributed by atoms with E-state index in [9.17, 15) is 5.11 Å². The third-order valence-electron chi connectivity index (χ3n) is 4.71. The molecule has 0 radical (unpaired) electrons. The Morgan fingerprint density at radius 3 is 2.64 bits per heavy atom. The summed E-state index contributed by atoms with van der Waals surface area (Å²) in [6.07, 6.45) is 0.662. The van der Waals surface area contributed by atoms with E-state index in [4.69, 9.17) is 10.1 Å². The summed E-state index contributed by atoms with van der Waals surface area (Å²) in [6, 6.07) is 19.7. The van der Waals surface area contributed by atoms with Gasteiger partial charge in [-0.05, 0) is 60.2 Å². The Morgan fingerprint density at radius 1 is 1.00 bits per heavy atom. The van der Waals surface area contributed by atoms with Crippen LogP contribution >= 0.6 is 11.3 Å². The molecule has 0 saturated heterocycles. The predicted molar refractivity (Wildman–Crippen MR) is 117 cm³/mol. The molecule has 0 aliphatic heterocycles. The molecule has 0 fully saturated rings. The highest BCUT2D eigenvalue weighted by atomic mass is 32.1. The van der Waals surface area contributed by atoms with Crippen molar-refractivity contribution >= 4 is 27.2 Å². The monoisotopic (exact) mass is 390 g/mol. The summed E-state index contributed by atoms with van der Waals surface area (Å²) in [6.45, 7) is 2.95. The molecule has 4 aromatic rings. The molecule has 2 aromatic carbocycles. The Balaban J connectivity index is 1.84. The van der Waals surface area contributed by atoms with Crippen molar-refractivity contribution in [1.29, 1.82) is 0 Å². The Hall–Kier alpha value is -2.89. The Morgan fingerprint density at radius 2 is 1.86 bits per heavy atom. The first kappa shape index (κ1) is 18.5. The molecule has 0 unspecified atom stereocenters. The van der Waals surface area contributed by atoms with E-state index in [0.717, 1.165) is 22.6 Å². The van der Waals surface area contributed by atoms with Crippen LogP contribution in [-0.2, 0) is 0 Å². The number of nitrogens with zero attached hydrogens (tertiary/aromatic N) is 1. The Bertz CT molecular complexity index is 1120. The van der Waals surface area contributed by atoms with Gasteiger partial charge < -0.3 is 15.5 Å². The van der Waals surface area contributed by atoms with Crippen LogP contribution in [0.2, 0.25) is 0 Å². The minimum Gasteiger partial charge on any atom is -0.508 e. The fourth-order valence-corrected chi connectivity index (χ4v) is 4.51. The van der Waals surface area contributed by atoms with Gasteiger partial charge in [-0.1, -0.05) is 30.3 Å². The fourth-order valence-electron chi connectivity index (χ4n) is 3.31. The number of anilines is 1. The number of aryl methyl sites for hydroxylation is 1. The van der Waals surface area contributed by atoms with Gasteiger partial charge in [-0.15, -0.1) is 11.3 Å². The second-order valence-electron chi connectivity index (χ2n) is 6.73. The van der Waals surface area contributed by atoms with E-state index in [2.05, 4.69) is 48.6 Å². The summed E-state index contributed by atoms with van der Waals surface area (Å²) < 4.78 is 1.26. The highest BCUT2D eigenvalue weighted by molar-refractivity contribution is 7.22. The van der Waals surface area contributed by atoms with Gasteiger partial charge in [-0.3, -0.25) is 0 Å². The van der Waals surface area contributed by atoms with Crippen LogP contribution in [0.1, 0.15) is 12.0 Å². The van der Waals surface area contributed by atoms with Crippen LogP contribution in [0.5, 0.6) is 5.75 Å². The van der Waals surface area contributed by atoms with Gasteiger partial charge in [0.15, 0.2) is 0 Å². The van der Waals surface area contributed by atoms with Crippen LogP contribution in [0.4, 0.5) is 5.82 Å². The number of aliphatic hydroxyl groups excluding tert-OH is 1. The Labute approximate surface area is 168 Å². The van der Waals surface area contributed by atoms with Crippen LogP contribution in [0.25, 0.3) is 31.8 Å². The molecule has 0 aliphatic rings.